The smallest absolute Gasteiger partial charge is 0.156 e. The molecule has 2 aliphatic rings. The van der Waals surface area contributed by atoms with E-state index < -0.39 is 0 Å². The monoisotopic (exact) mass is 346 g/mol. The summed E-state index contributed by atoms with van der Waals surface area (Å²) in [5.41, 5.74) is 0. The molecular weight excluding hydrogens is 323 g/mol. The Kier molecular flexibility index (Phi) is 5.51. The second kappa shape index (κ2) is 6.91. The number of hydrogen-bond acceptors (Lipinski definition) is 1. The number of fused-ring (bicyclic) bond motifs is 2. The maximum absolute atomic E-state index is 11.3. The van der Waals surface area contributed by atoms with Crippen molar-refractivity contribution in [2.24, 2.45) is 17.8 Å². The fourth-order valence-corrected chi connectivity index (χ4v) is 4.13. The number of halogens is 1. The molecular formula is C15H23IO. The third kappa shape index (κ3) is 4.08. The maximum Gasteiger partial charge on any atom is 0.156 e. The number of carbonyl (C=O) groups is 1. The first-order valence-corrected chi connectivity index (χ1v) is 8.33. The summed E-state index contributed by atoms with van der Waals surface area (Å²) in [5, 5.41) is 0. The molecule has 2 bridgehead atoms. The lowest BCUT2D eigenvalue weighted by molar-refractivity contribution is -0.114. The molecule has 96 valence electrons. The third-order valence-electron chi connectivity index (χ3n) is 4.69. The first-order chi connectivity index (χ1) is 8.29. The minimum absolute atomic E-state index is 0.295. The molecule has 2 aliphatic carbocycles. The van der Waals surface area contributed by atoms with Gasteiger partial charge in [0.05, 0.1) is 0 Å². The Labute approximate surface area is 119 Å². The molecule has 0 N–H and O–H groups in total. The van der Waals surface area contributed by atoms with Crippen molar-refractivity contribution < 1.29 is 4.79 Å². The molecule has 0 aromatic carbocycles. The van der Waals surface area contributed by atoms with E-state index in [9.17, 15) is 4.79 Å². The van der Waals surface area contributed by atoms with Crippen LogP contribution in [0.1, 0.15) is 57.8 Å². The normalized spacial score (nSPS) is 32.2. The van der Waals surface area contributed by atoms with Crippen LogP contribution in [0.15, 0.2) is 10.2 Å². The van der Waals surface area contributed by atoms with E-state index in [0.717, 1.165) is 30.6 Å². The van der Waals surface area contributed by atoms with Crippen LogP contribution in [0.3, 0.4) is 0 Å². The summed E-state index contributed by atoms with van der Waals surface area (Å²) in [6.45, 7) is 0. The SMILES string of the molecule is O=C(/C=C/I)CCCCC1CCC2CCC1C2. The van der Waals surface area contributed by atoms with Gasteiger partial charge >= 0.3 is 0 Å². The molecule has 2 heteroatoms. The number of carbonyl (C=O) groups excluding carboxylic acids is 1. The number of hydrogen-bond donors (Lipinski definition) is 0. The van der Waals surface area contributed by atoms with Gasteiger partial charge in [0.15, 0.2) is 5.78 Å². The summed E-state index contributed by atoms with van der Waals surface area (Å²) >= 11 is 2.11. The zero-order chi connectivity index (χ0) is 12.1. The van der Waals surface area contributed by atoms with Crippen LogP contribution >= 0.6 is 22.6 Å². The Morgan fingerprint density at radius 2 is 2.00 bits per heavy atom. The number of ketones is 1. The largest absolute Gasteiger partial charge is 0.295 e. The Balaban J connectivity index is 1.60. The Hall–Kier alpha value is 0.140. The fraction of sp³-hybridized carbons (Fsp3) is 0.800. The number of unbranched alkanes of at least 4 members (excludes halogenated alkanes) is 1. The van der Waals surface area contributed by atoms with Crippen LogP contribution in [0.5, 0.6) is 0 Å². The summed E-state index contributed by atoms with van der Waals surface area (Å²) in [4.78, 5) is 11.3. The third-order valence-corrected chi connectivity index (χ3v) is 5.05. The van der Waals surface area contributed by atoms with Gasteiger partial charge in [-0.2, -0.15) is 0 Å². The predicted octanol–water partition coefficient (Wildman–Crippen LogP) is 4.89. The summed E-state index contributed by atoms with van der Waals surface area (Å²) in [5.74, 6) is 3.40. The lowest BCUT2D eigenvalue weighted by atomic mass is 9.77. The summed E-state index contributed by atoms with van der Waals surface area (Å²) < 4.78 is 1.82. The van der Waals surface area contributed by atoms with Gasteiger partial charge in [0.1, 0.15) is 0 Å². The molecule has 0 aromatic heterocycles. The lowest BCUT2D eigenvalue weighted by Gasteiger charge is -2.28. The highest BCUT2D eigenvalue weighted by atomic mass is 127. The van der Waals surface area contributed by atoms with Crippen molar-refractivity contribution in [2.45, 2.75) is 57.8 Å². The highest BCUT2D eigenvalue weighted by molar-refractivity contribution is 14.1. The van der Waals surface area contributed by atoms with Crippen molar-refractivity contribution in [3.63, 3.8) is 0 Å². The quantitative estimate of drug-likeness (QED) is 0.380. The van der Waals surface area contributed by atoms with Gasteiger partial charge in [0.2, 0.25) is 0 Å². The van der Waals surface area contributed by atoms with E-state index in [1.54, 1.807) is 6.08 Å². The van der Waals surface area contributed by atoms with Crippen LogP contribution in [-0.2, 0) is 4.79 Å². The van der Waals surface area contributed by atoms with Crippen molar-refractivity contribution in [2.75, 3.05) is 0 Å². The van der Waals surface area contributed by atoms with Gasteiger partial charge in [-0.15, -0.1) is 0 Å². The molecule has 1 nitrogen and oxygen atoms in total. The summed E-state index contributed by atoms with van der Waals surface area (Å²) in [6, 6.07) is 0. The molecule has 3 unspecified atom stereocenters. The average Bonchev–Trinajstić information content (AvgIpc) is 2.70. The summed E-state index contributed by atoms with van der Waals surface area (Å²) in [6.07, 6.45) is 13.6. The van der Waals surface area contributed by atoms with E-state index in [1.807, 2.05) is 4.08 Å². The van der Waals surface area contributed by atoms with Crippen LogP contribution < -0.4 is 0 Å². The highest BCUT2D eigenvalue weighted by Gasteiger charge is 2.34. The zero-order valence-corrected chi connectivity index (χ0v) is 12.7. The maximum atomic E-state index is 11.3. The first kappa shape index (κ1) is 13.6. The second-order valence-electron chi connectivity index (χ2n) is 5.78. The van der Waals surface area contributed by atoms with Gasteiger partial charge < -0.3 is 0 Å². The average molecular weight is 346 g/mol. The Bertz CT molecular complexity index is 285. The molecule has 3 atom stereocenters. The molecule has 0 radical (unpaired) electrons. The van der Waals surface area contributed by atoms with Crippen LogP contribution in [0, 0.1) is 17.8 Å². The molecule has 0 heterocycles. The van der Waals surface area contributed by atoms with Crippen molar-refractivity contribution in [1.29, 1.82) is 0 Å². The van der Waals surface area contributed by atoms with Gasteiger partial charge in [0, 0.05) is 6.42 Å². The molecule has 0 aromatic rings. The summed E-state index contributed by atoms with van der Waals surface area (Å²) in [7, 11) is 0. The molecule has 0 aliphatic heterocycles. The molecule has 0 spiro atoms. The van der Waals surface area contributed by atoms with E-state index in [2.05, 4.69) is 22.6 Å². The molecule has 17 heavy (non-hydrogen) atoms. The van der Waals surface area contributed by atoms with Gasteiger partial charge in [0.25, 0.3) is 0 Å². The van der Waals surface area contributed by atoms with Crippen molar-refractivity contribution >= 4 is 28.4 Å². The van der Waals surface area contributed by atoms with E-state index in [-0.39, 0.29) is 0 Å². The fourth-order valence-electron chi connectivity index (χ4n) is 3.73. The van der Waals surface area contributed by atoms with Crippen molar-refractivity contribution in [3.05, 3.63) is 10.2 Å². The van der Waals surface area contributed by atoms with Gasteiger partial charge in [-0.05, 0) is 53.6 Å². The topological polar surface area (TPSA) is 17.1 Å². The lowest BCUT2D eigenvalue weighted by Crippen LogP contribution is -2.17. The van der Waals surface area contributed by atoms with Gasteiger partial charge in [-0.25, -0.2) is 0 Å². The van der Waals surface area contributed by atoms with Gasteiger partial charge in [-0.1, -0.05) is 48.3 Å². The van der Waals surface area contributed by atoms with Crippen LogP contribution in [0.25, 0.3) is 0 Å². The zero-order valence-electron chi connectivity index (χ0n) is 10.5. The standard InChI is InChI=1S/C15H23IO/c16-10-9-15(17)4-2-1-3-13-7-5-12-6-8-14(13)11-12/h9-10,12-14H,1-8,11H2/b10-9+. The molecule has 2 saturated carbocycles. The minimum Gasteiger partial charge on any atom is -0.295 e. The minimum atomic E-state index is 0.295. The molecule has 2 fully saturated rings. The van der Waals surface area contributed by atoms with Crippen molar-refractivity contribution in [1.82, 2.24) is 0 Å². The second-order valence-corrected chi connectivity index (χ2v) is 6.50. The predicted molar refractivity (Wildman–Crippen MR) is 80.2 cm³/mol. The van der Waals surface area contributed by atoms with Crippen LogP contribution in [0.2, 0.25) is 0 Å². The Morgan fingerprint density at radius 3 is 2.82 bits per heavy atom. The van der Waals surface area contributed by atoms with Crippen LogP contribution in [-0.4, -0.2) is 5.78 Å². The molecule has 0 amide bonds. The van der Waals surface area contributed by atoms with E-state index in [4.69, 9.17) is 0 Å². The first-order valence-electron chi connectivity index (χ1n) is 7.09. The van der Waals surface area contributed by atoms with Crippen LogP contribution in [0.4, 0.5) is 0 Å². The van der Waals surface area contributed by atoms with Crippen molar-refractivity contribution in [3.8, 4) is 0 Å². The van der Waals surface area contributed by atoms with E-state index in [0.29, 0.717) is 5.78 Å². The number of rotatable bonds is 6. The highest BCUT2D eigenvalue weighted by Crippen LogP contribution is 2.46. The van der Waals surface area contributed by atoms with Gasteiger partial charge in [-0.3, -0.25) is 4.79 Å². The van der Waals surface area contributed by atoms with E-state index >= 15 is 0 Å². The van der Waals surface area contributed by atoms with E-state index in [1.165, 1.54) is 44.9 Å². The molecule has 0 saturated heterocycles. The number of allylic oxidation sites excluding steroid dienone is 1. The Morgan fingerprint density at radius 1 is 1.18 bits per heavy atom. The molecule has 2 rings (SSSR count).